The third-order valence-electron chi connectivity index (χ3n) is 3.83. The van der Waals surface area contributed by atoms with E-state index in [9.17, 15) is 8.78 Å². The number of rotatable bonds is 6. The third kappa shape index (κ3) is 4.36. The first-order valence-corrected chi connectivity index (χ1v) is 9.66. The molecule has 1 heterocycles. The lowest BCUT2D eigenvalue weighted by Crippen LogP contribution is -2.46. The second kappa shape index (κ2) is 8.39. The van der Waals surface area contributed by atoms with E-state index in [0.29, 0.717) is 22.5 Å². The van der Waals surface area contributed by atoms with Gasteiger partial charge in [-0.15, -0.1) is 0 Å². The average Bonchev–Trinajstić information content (AvgIpc) is 2.51. The van der Waals surface area contributed by atoms with E-state index in [2.05, 4.69) is 19.2 Å². The Kier molecular flexibility index (Phi) is 6.83. The van der Waals surface area contributed by atoms with Gasteiger partial charge in [0.25, 0.3) is 0 Å². The molecule has 3 unspecified atom stereocenters. The zero-order valence-electron chi connectivity index (χ0n) is 12.6. The molecule has 1 aliphatic rings. The lowest BCUT2D eigenvalue weighted by atomic mass is 9.99. The molecule has 0 spiro atoms. The fourth-order valence-corrected chi connectivity index (χ4v) is 6.08. The number of likely N-dealkylation sites (N-methyl/N-ethyl adjacent to an activating group) is 1. The first-order chi connectivity index (χ1) is 10.2. The van der Waals surface area contributed by atoms with Gasteiger partial charge in [0.2, 0.25) is 0 Å². The number of hydrogen-bond donors (Lipinski definition) is 1. The van der Waals surface area contributed by atoms with Gasteiger partial charge in [-0.2, -0.15) is 23.5 Å². The molecule has 1 saturated heterocycles. The summed E-state index contributed by atoms with van der Waals surface area (Å²) >= 11 is 3.99. The minimum absolute atomic E-state index is 0.189. The Bertz CT molecular complexity index is 456. The summed E-state index contributed by atoms with van der Waals surface area (Å²) in [6, 6.07) is 4.66. The quantitative estimate of drug-likeness (QED) is 0.842. The van der Waals surface area contributed by atoms with E-state index < -0.39 is 11.6 Å². The van der Waals surface area contributed by atoms with Crippen molar-refractivity contribution >= 4 is 23.5 Å². The van der Waals surface area contributed by atoms with Crippen LogP contribution >= 0.6 is 23.5 Å². The van der Waals surface area contributed by atoms with Gasteiger partial charge in [0, 0.05) is 28.0 Å². The molecular weight excluding hydrogens is 308 g/mol. The highest BCUT2D eigenvalue weighted by atomic mass is 32.2. The minimum atomic E-state index is -0.750. The predicted molar refractivity (Wildman–Crippen MR) is 90.3 cm³/mol. The number of nitrogens with one attached hydrogen (secondary N) is 1. The van der Waals surface area contributed by atoms with Crippen molar-refractivity contribution in [1.29, 1.82) is 0 Å². The lowest BCUT2D eigenvalue weighted by molar-refractivity contribution is 0.461. The summed E-state index contributed by atoms with van der Waals surface area (Å²) in [6.07, 6.45) is 1.67. The number of halogens is 2. The molecule has 3 atom stereocenters. The third-order valence-corrected chi connectivity index (χ3v) is 7.24. The Labute approximate surface area is 134 Å². The van der Waals surface area contributed by atoms with Gasteiger partial charge in [-0.05, 0) is 31.0 Å². The zero-order chi connectivity index (χ0) is 15.2. The molecule has 1 N–H and O–H groups in total. The van der Waals surface area contributed by atoms with Gasteiger partial charge >= 0.3 is 0 Å². The normalized spacial score (nSPS) is 24.0. The van der Waals surface area contributed by atoms with Crippen LogP contribution in [0.5, 0.6) is 0 Å². The van der Waals surface area contributed by atoms with Crippen molar-refractivity contribution in [2.45, 2.75) is 43.2 Å². The predicted octanol–water partition coefficient (Wildman–Crippen LogP) is 4.11. The van der Waals surface area contributed by atoms with Crippen LogP contribution in [0.15, 0.2) is 18.2 Å². The van der Waals surface area contributed by atoms with E-state index in [-0.39, 0.29) is 6.04 Å². The minimum Gasteiger partial charge on any atom is -0.313 e. The van der Waals surface area contributed by atoms with E-state index >= 15 is 0 Å². The molecule has 1 fully saturated rings. The Hall–Kier alpha value is -0.260. The second-order valence-electron chi connectivity index (χ2n) is 5.23. The maximum Gasteiger partial charge on any atom is 0.162 e. The SMILES string of the molecule is CCNC(Cc1cccc(F)c1F)C1SCCSC1CC. The molecule has 2 rings (SSSR count). The summed E-state index contributed by atoms with van der Waals surface area (Å²) in [5, 5.41) is 4.53. The van der Waals surface area contributed by atoms with Crippen molar-refractivity contribution in [1.82, 2.24) is 5.32 Å². The fraction of sp³-hybridized carbons (Fsp3) is 0.625. The molecule has 1 aromatic carbocycles. The van der Waals surface area contributed by atoms with Gasteiger partial charge in [0.05, 0.1) is 0 Å². The van der Waals surface area contributed by atoms with Gasteiger partial charge < -0.3 is 5.32 Å². The smallest absolute Gasteiger partial charge is 0.162 e. The molecule has 0 amide bonds. The number of thioether (sulfide) groups is 2. The van der Waals surface area contributed by atoms with Gasteiger partial charge in [0.15, 0.2) is 11.6 Å². The molecule has 118 valence electrons. The van der Waals surface area contributed by atoms with Crippen LogP contribution in [0.1, 0.15) is 25.8 Å². The molecule has 0 aliphatic carbocycles. The van der Waals surface area contributed by atoms with Crippen LogP contribution in [0.25, 0.3) is 0 Å². The monoisotopic (exact) mass is 331 g/mol. The Morgan fingerprint density at radius 1 is 1.24 bits per heavy atom. The van der Waals surface area contributed by atoms with Crippen molar-refractivity contribution in [3.63, 3.8) is 0 Å². The Balaban J connectivity index is 2.16. The maximum atomic E-state index is 13.9. The molecule has 5 heteroatoms. The highest BCUT2D eigenvalue weighted by Gasteiger charge is 2.32. The molecule has 1 aromatic rings. The van der Waals surface area contributed by atoms with Crippen molar-refractivity contribution in [2.75, 3.05) is 18.1 Å². The molecule has 0 saturated carbocycles. The van der Waals surface area contributed by atoms with Crippen LogP contribution in [-0.4, -0.2) is 34.6 Å². The summed E-state index contributed by atoms with van der Waals surface area (Å²) < 4.78 is 27.3. The van der Waals surface area contributed by atoms with Crippen LogP contribution in [0.3, 0.4) is 0 Å². The molecule has 0 bridgehead atoms. The van der Waals surface area contributed by atoms with E-state index in [1.165, 1.54) is 11.8 Å². The van der Waals surface area contributed by atoms with Crippen molar-refractivity contribution in [2.24, 2.45) is 0 Å². The standard InChI is InChI=1S/C16H23F2NS2/c1-3-14-16(21-9-8-20-14)13(19-4-2)10-11-6-5-7-12(17)15(11)18/h5-7,13-14,16,19H,3-4,8-10H2,1-2H3. The largest absolute Gasteiger partial charge is 0.313 e. The fourth-order valence-electron chi connectivity index (χ4n) is 2.82. The van der Waals surface area contributed by atoms with Crippen molar-refractivity contribution in [3.05, 3.63) is 35.4 Å². The molecule has 0 radical (unpaired) electrons. The average molecular weight is 331 g/mol. The molecule has 1 nitrogen and oxygen atoms in total. The van der Waals surface area contributed by atoms with Gasteiger partial charge in [-0.3, -0.25) is 0 Å². The van der Waals surface area contributed by atoms with Crippen LogP contribution in [-0.2, 0) is 6.42 Å². The molecule has 0 aromatic heterocycles. The Morgan fingerprint density at radius 2 is 2.00 bits per heavy atom. The van der Waals surface area contributed by atoms with Crippen LogP contribution < -0.4 is 5.32 Å². The molecule has 21 heavy (non-hydrogen) atoms. The van der Waals surface area contributed by atoms with Crippen LogP contribution in [0.4, 0.5) is 8.78 Å². The summed E-state index contributed by atoms with van der Waals surface area (Å²) in [4.78, 5) is 0. The first kappa shape index (κ1) is 17.1. The molecule has 1 aliphatic heterocycles. The van der Waals surface area contributed by atoms with Crippen LogP contribution in [0.2, 0.25) is 0 Å². The number of hydrogen-bond acceptors (Lipinski definition) is 3. The van der Waals surface area contributed by atoms with E-state index in [0.717, 1.165) is 18.7 Å². The Morgan fingerprint density at radius 3 is 2.71 bits per heavy atom. The summed E-state index contributed by atoms with van der Waals surface area (Å²) in [5.74, 6) is 0.883. The van der Waals surface area contributed by atoms with E-state index in [4.69, 9.17) is 0 Å². The van der Waals surface area contributed by atoms with Gasteiger partial charge in [-0.1, -0.05) is 26.0 Å². The lowest BCUT2D eigenvalue weighted by Gasteiger charge is -2.36. The van der Waals surface area contributed by atoms with Gasteiger partial charge in [0.1, 0.15) is 0 Å². The summed E-state index contributed by atoms with van der Waals surface area (Å²) in [5.41, 5.74) is 0.479. The highest BCUT2D eigenvalue weighted by molar-refractivity contribution is 8.07. The van der Waals surface area contributed by atoms with E-state index in [1.54, 1.807) is 12.1 Å². The van der Waals surface area contributed by atoms with Crippen molar-refractivity contribution in [3.8, 4) is 0 Å². The zero-order valence-corrected chi connectivity index (χ0v) is 14.2. The molecular formula is C16H23F2NS2. The first-order valence-electron chi connectivity index (χ1n) is 7.56. The number of benzene rings is 1. The topological polar surface area (TPSA) is 12.0 Å². The highest BCUT2D eigenvalue weighted by Crippen LogP contribution is 2.36. The summed E-state index contributed by atoms with van der Waals surface area (Å²) in [6.45, 7) is 5.12. The van der Waals surface area contributed by atoms with E-state index in [1.807, 2.05) is 23.5 Å². The summed E-state index contributed by atoms with van der Waals surface area (Å²) in [7, 11) is 0. The van der Waals surface area contributed by atoms with Crippen molar-refractivity contribution < 1.29 is 8.78 Å². The van der Waals surface area contributed by atoms with Crippen LogP contribution in [0, 0.1) is 11.6 Å². The van der Waals surface area contributed by atoms with Gasteiger partial charge in [-0.25, -0.2) is 8.78 Å². The second-order valence-corrected chi connectivity index (χ2v) is 7.87. The maximum absolute atomic E-state index is 13.9.